The number of rotatable bonds is 3. The molecule has 1 unspecified atom stereocenters. The third-order valence-corrected chi connectivity index (χ3v) is 2.22. The van der Waals surface area contributed by atoms with Crippen LogP contribution in [0.4, 0.5) is 0 Å². The average molecular weight is 196 g/mol. The van der Waals surface area contributed by atoms with Crippen LogP contribution in [-0.2, 0) is 4.74 Å². The lowest BCUT2D eigenvalue weighted by molar-refractivity contribution is 0.0371. The number of ether oxygens (including phenoxy) is 1. The highest BCUT2D eigenvalue weighted by molar-refractivity contribution is 7.09. The summed E-state index contributed by atoms with van der Waals surface area (Å²) in [6.07, 6.45) is -0.475. The van der Waals surface area contributed by atoms with E-state index in [0.717, 1.165) is 10.7 Å². The maximum absolute atomic E-state index is 8.83. The quantitative estimate of drug-likeness (QED) is 0.746. The molecule has 0 aromatic carbocycles. The second-order valence-corrected chi connectivity index (χ2v) is 4.05. The molecule has 1 aromatic rings. The molecule has 1 aromatic heterocycles. The molecular weight excluding hydrogens is 184 g/mol. The van der Waals surface area contributed by atoms with Gasteiger partial charge in [0.15, 0.2) is 6.10 Å². The predicted molar refractivity (Wildman–Crippen MR) is 51.4 cm³/mol. The van der Waals surface area contributed by atoms with E-state index in [0.29, 0.717) is 0 Å². The molecule has 0 amide bonds. The summed E-state index contributed by atoms with van der Waals surface area (Å²) in [7, 11) is 0. The first-order chi connectivity index (χ1) is 6.13. The summed E-state index contributed by atoms with van der Waals surface area (Å²) in [5, 5.41) is 11.7. The summed E-state index contributed by atoms with van der Waals surface area (Å²) in [6.45, 7) is 5.73. The van der Waals surface area contributed by atoms with Gasteiger partial charge in [-0.3, -0.25) is 0 Å². The molecule has 0 saturated carbocycles. The molecule has 0 aliphatic rings. The van der Waals surface area contributed by atoms with Gasteiger partial charge in [0, 0.05) is 5.38 Å². The molecule has 1 atom stereocenters. The largest absolute Gasteiger partial charge is 0.354 e. The van der Waals surface area contributed by atoms with Crippen LogP contribution in [0.1, 0.15) is 30.7 Å². The van der Waals surface area contributed by atoms with E-state index < -0.39 is 6.10 Å². The molecule has 1 rings (SSSR count). The van der Waals surface area contributed by atoms with E-state index in [2.05, 4.69) is 11.1 Å². The van der Waals surface area contributed by atoms with Gasteiger partial charge in [0.1, 0.15) is 6.07 Å². The summed E-state index contributed by atoms with van der Waals surface area (Å²) in [5.41, 5.74) is 0.721. The van der Waals surface area contributed by atoms with Crippen LogP contribution in [0.3, 0.4) is 0 Å². The fourth-order valence-corrected chi connectivity index (χ4v) is 1.56. The number of hydrogen-bond acceptors (Lipinski definition) is 4. The minimum absolute atomic E-state index is 0.0478. The molecule has 0 N–H and O–H groups in total. The van der Waals surface area contributed by atoms with Crippen molar-refractivity contribution in [2.75, 3.05) is 0 Å². The number of thiazole rings is 1. The lowest BCUT2D eigenvalue weighted by atomic mass is 10.3. The average Bonchev–Trinajstić information content (AvgIpc) is 2.47. The Morgan fingerprint density at radius 3 is 2.69 bits per heavy atom. The lowest BCUT2D eigenvalue weighted by Gasteiger charge is -2.10. The maximum atomic E-state index is 8.83. The Balaban J connectivity index is 2.74. The molecule has 4 heteroatoms. The topological polar surface area (TPSA) is 45.9 Å². The van der Waals surface area contributed by atoms with Crippen molar-refractivity contribution >= 4 is 11.3 Å². The molecule has 0 saturated heterocycles. The number of aryl methyl sites for hydroxylation is 1. The number of hydrogen-bond donors (Lipinski definition) is 0. The zero-order valence-corrected chi connectivity index (χ0v) is 8.76. The van der Waals surface area contributed by atoms with Gasteiger partial charge in [-0.05, 0) is 20.8 Å². The fraction of sp³-hybridized carbons (Fsp3) is 0.556. The Hall–Kier alpha value is -0.920. The first kappa shape index (κ1) is 10.2. The molecule has 0 aliphatic heterocycles. The van der Waals surface area contributed by atoms with E-state index in [1.165, 1.54) is 11.3 Å². The Morgan fingerprint density at radius 1 is 1.62 bits per heavy atom. The van der Waals surface area contributed by atoms with Crippen LogP contribution < -0.4 is 0 Å². The highest BCUT2D eigenvalue weighted by Gasteiger charge is 2.15. The minimum atomic E-state index is -0.523. The van der Waals surface area contributed by atoms with Crippen LogP contribution in [0.15, 0.2) is 5.38 Å². The molecule has 0 radical (unpaired) electrons. The van der Waals surface area contributed by atoms with E-state index in [1.807, 2.05) is 26.2 Å². The van der Waals surface area contributed by atoms with Crippen LogP contribution in [0, 0.1) is 18.3 Å². The van der Waals surface area contributed by atoms with Gasteiger partial charge in [-0.1, -0.05) is 0 Å². The molecule has 0 bridgehead atoms. The number of nitrogens with zero attached hydrogens (tertiary/aromatic N) is 2. The van der Waals surface area contributed by atoms with Crippen LogP contribution in [0.2, 0.25) is 0 Å². The van der Waals surface area contributed by atoms with Crippen molar-refractivity contribution in [3.8, 4) is 6.07 Å². The Morgan fingerprint density at radius 2 is 2.31 bits per heavy atom. The van der Waals surface area contributed by atoms with Crippen molar-refractivity contribution < 1.29 is 4.74 Å². The second kappa shape index (κ2) is 4.35. The highest BCUT2D eigenvalue weighted by Crippen LogP contribution is 2.20. The van der Waals surface area contributed by atoms with Crippen molar-refractivity contribution in [3.05, 3.63) is 16.1 Å². The zero-order chi connectivity index (χ0) is 9.84. The third kappa shape index (κ3) is 2.79. The molecule has 0 aliphatic carbocycles. The SMILES string of the molecule is Cc1nc(C(C#N)OC(C)C)cs1. The second-order valence-electron chi connectivity index (χ2n) is 2.99. The normalized spacial score (nSPS) is 12.8. The van der Waals surface area contributed by atoms with Gasteiger partial charge in [-0.15, -0.1) is 11.3 Å². The monoisotopic (exact) mass is 196 g/mol. The van der Waals surface area contributed by atoms with Gasteiger partial charge < -0.3 is 4.74 Å². The fourth-order valence-electron chi connectivity index (χ4n) is 0.939. The van der Waals surface area contributed by atoms with E-state index >= 15 is 0 Å². The standard InChI is InChI=1S/C9H12N2OS/c1-6(2)12-9(4-10)8-5-13-7(3)11-8/h5-6,9H,1-3H3. The minimum Gasteiger partial charge on any atom is -0.354 e. The smallest absolute Gasteiger partial charge is 0.186 e. The van der Waals surface area contributed by atoms with Crippen LogP contribution in [0.25, 0.3) is 0 Å². The summed E-state index contributed by atoms with van der Waals surface area (Å²) in [4.78, 5) is 4.21. The van der Waals surface area contributed by atoms with Crippen molar-refractivity contribution in [2.45, 2.75) is 33.0 Å². The molecule has 1 heterocycles. The highest BCUT2D eigenvalue weighted by atomic mass is 32.1. The predicted octanol–water partition coefficient (Wildman–Crippen LogP) is 2.44. The van der Waals surface area contributed by atoms with E-state index in [1.54, 1.807) is 0 Å². The third-order valence-electron chi connectivity index (χ3n) is 1.43. The summed E-state index contributed by atoms with van der Waals surface area (Å²) >= 11 is 1.53. The van der Waals surface area contributed by atoms with E-state index in [9.17, 15) is 0 Å². The van der Waals surface area contributed by atoms with Crippen LogP contribution in [0.5, 0.6) is 0 Å². The Bertz CT molecular complexity index is 314. The molecule has 70 valence electrons. The first-order valence-corrected chi connectivity index (χ1v) is 4.98. The van der Waals surface area contributed by atoms with Crippen LogP contribution >= 0.6 is 11.3 Å². The molecule has 0 spiro atoms. The van der Waals surface area contributed by atoms with Gasteiger partial charge in [0.25, 0.3) is 0 Å². The maximum Gasteiger partial charge on any atom is 0.186 e. The van der Waals surface area contributed by atoms with Gasteiger partial charge in [0.2, 0.25) is 0 Å². The first-order valence-electron chi connectivity index (χ1n) is 4.10. The van der Waals surface area contributed by atoms with Crippen molar-refractivity contribution in [1.29, 1.82) is 5.26 Å². The summed E-state index contributed by atoms with van der Waals surface area (Å²) in [5.74, 6) is 0. The Labute approximate surface area is 82.0 Å². The summed E-state index contributed by atoms with van der Waals surface area (Å²) in [6, 6.07) is 2.08. The van der Waals surface area contributed by atoms with Crippen molar-refractivity contribution in [1.82, 2.24) is 4.98 Å². The zero-order valence-electron chi connectivity index (χ0n) is 7.94. The van der Waals surface area contributed by atoms with E-state index in [-0.39, 0.29) is 6.10 Å². The molecular formula is C9H12N2OS. The lowest BCUT2D eigenvalue weighted by Crippen LogP contribution is -2.09. The van der Waals surface area contributed by atoms with Crippen LogP contribution in [-0.4, -0.2) is 11.1 Å². The molecule has 0 fully saturated rings. The molecule has 13 heavy (non-hydrogen) atoms. The van der Waals surface area contributed by atoms with Gasteiger partial charge >= 0.3 is 0 Å². The number of nitriles is 1. The van der Waals surface area contributed by atoms with Gasteiger partial charge in [-0.2, -0.15) is 5.26 Å². The van der Waals surface area contributed by atoms with Crippen molar-refractivity contribution in [2.24, 2.45) is 0 Å². The van der Waals surface area contributed by atoms with Gasteiger partial charge in [-0.25, -0.2) is 4.98 Å². The molecule has 3 nitrogen and oxygen atoms in total. The Kier molecular flexibility index (Phi) is 3.40. The van der Waals surface area contributed by atoms with Gasteiger partial charge in [0.05, 0.1) is 16.8 Å². The number of aromatic nitrogens is 1. The van der Waals surface area contributed by atoms with E-state index in [4.69, 9.17) is 10.00 Å². The van der Waals surface area contributed by atoms with Crippen molar-refractivity contribution in [3.63, 3.8) is 0 Å². The summed E-state index contributed by atoms with van der Waals surface area (Å²) < 4.78 is 5.38.